The van der Waals surface area contributed by atoms with Crippen LogP contribution in [0.1, 0.15) is 19.4 Å². The summed E-state index contributed by atoms with van der Waals surface area (Å²) in [6.45, 7) is 4.96. The molecule has 0 spiro atoms. The number of halogens is 1. The maximum atomic E-state index is 13.5. The Bertz CT molecular complexity index is 620. The van der Waals surface area contributed by atoms with Gasteiger partial charge in [-0.2, -0.15) is 0 Å². The van der Waals surface area contributed by atoms with Crippen LogP contribution in [0.25, 0.3) is 11.0 Å². The van der Waals surface area contributed by atoms with Crippen molar-refractivity contribution in [3.63, 3.8) is 0 Å². The number of H-pyrrole nitrogens is 1. The lowest BCUT2D eigenvalue weighted by molar-refractivity contribution is 0.0617. The van der Waals surface area contributed by atoms with Crippen molar-refractivity contribution in [3.05, 3.63) is 34.0 Å². The highest BCUT2D eigenvalue weighted by Gasteiger charge is 2.18. The van der Waals surface area contributed by atoms with E-state index in [0.29, 0.717) is 16.6 Å². The van der Waals surface area contributed by atoms with Gasteiger partial charge in [0.15, 0.2) is 0 Å². The molecule has 2 aromatic rings. The minimum Gasteiger partial charge on any atom is -0.389 e. The molecule has 2 rings (SSSR count). The second-order valence-corrected chi connectivity index (χ2v) is 4.95. The van der Waals surface area contributed by atoms with E-state index in [9.17, 15) is 14.3 Å². The summed E-state index contributed by atoms with van der Waals surface area (Å²) >= 11 is 0. The molecular formula is C12H15FN2O2. The van der Waals surface area contributed by atoms with Crippen molar-refractivity contribution in [1.29, 1.82) is 0 Å². The highest BCUT2D eigenvalue weighted by atomic mass is 19.1. The number of hydrogen-bond acceptors (Lipinski definition) is 2. The van der Waals surface area contributed by atoms with Crippen LogP contribution in [0.5, 0.6) is 0 Å². The average Bonchev–Trinajstić information content (AvgIpc) is 2.43. The monoisotopic (exact) mass is 238 g/mol. The molecule has 0 unspecified atom stereocenters. The van der Waals surface area contributed by atoms with E-state index in [4.69, 9.17) is 0 Å². The molecule has 17 heavy (non-hydrogen) atoms. The standard InChI is InChI=1S/C12H15FN2O2/c1-7-4-9-10(5-8(7)13)15(11(16)14-9)6-12(2,3)17/h4-5,17H,6H2,1-3H3,(H,14,16). The quantitative estimate of drug-likeness (QED) is 0.834. The Morgan fingerprint density at radius 2 is 2.12 bits per heavy atom. The zero-order chi connectivity index (χ0) is 12.8. The molecule has 0 aliphatic heterocycles. The van der Waals surface area contributed by atoms with Crippen LogP contribution in [-0.2, 0) is 6.54 Å². The number of nitrogens with zero attached hydrogens (tertiary/aromatic N) is 1. The first kappa shape index (κ1) is 11.9. The lowest BCUT2D eigenvalue weighted by atomic mass is 10.1. The van der Waals surface area contributed by atoms with E-state index in [1.54, 1.807) is 26.8 Å². The molecule has 0 aliphatic rings. The van der Waals surface area contributed by atoms with Crippen LogP contribution in [0.4, 0.5) is 4.39 Å². The summed E-state index contributed by atoms with van der Waals surface area (Å²) in [5.41, 5.74) is 0.167. The number of nitrogens with one attached hydrogen (secondary N) is 1. The van der Waals surface area contributed by atoms with Crippen molar-refractivity contribution < 1.29 is 9.50 Å². The van der Waals surface area contributed by atoms with Gasteiger partial charge < -0.3 is 10.1 Å². The number of hydrogen-bond donors (Lipinski definition) is 2. The molecule has 0 saturated carbocycles. The maximum Gasteiger partial charge on any atom is 0.326 e. The van der Waals surface area contributed by atoms with Crippen LogP contribution in [0, 0.1) is 12.7 Å². The Morgan fingerprint density at radius 3 is 2.71 bits per heavy atom. The number of aliphatic hydroxyl groups is 1. The van der Waals surface area contributed by atoms with E-state index >= 15 is 0 Å². The first-order chi connectivity index (χ1) is 7.78. The van der Waals surface area contributed by atoms with Crippen molar-refractivity contribution in [2.45, 2.75) is 32.9 Å². The van der Waals surface area contributed by atoms with E-state index in [1.807, 2.05) is 0 Å². The Balaban J connectivity index is 2.67. The first-order valence-electron chi connectivity index (χ1n) is 5.39. The summed E-state index contributed by atoms with van der Waals surface area (Å²) in [5, 5.41) is 9.73. The van der Waals surface area contributed by atoms with Crippen molar-refractivity contribution in [2.75, 3.05) is 0 Å². The van der Waals surface area contributed by atoms with Gasteiger partial charge >= 0.3 is 5.69 Å². The predicted octanol–water partition coefficient (Wildman–Crippen LogP) is 1.55. The Kier molecular flexibility index (Phi) is 2.58. The zero-order valence-corrected chi connectivity index (χ0v) is 10.0. The Morgan fingerprint density at radius 1 is 1.47 bits per heavy atom. The third-order valence-corrected chi connectivity index (χ3v) is 2.60. The molecule has 0 saturated heterocycles. The number of aryl methyl sites for hydroxylation is 1. The molecule has 92 valence electrons. The summed E-state index contributed by atoms with van der Waals surface area (Å²) in [4.78, 5) is 14.4. The summed E-state index contributed by atoms with van der Waals surface area (Å²) in [5.74, 6) is -0.360. The molecule has 1 heterocycles. The topological polar surface area (TPSA) is 58.0 Å². The molecule has 2 N–H and O–H groups in total. The van der Waals surface area contributed by atoms with Gasteiger partial charge in [0.1, 0.15) is 5.82 Å². The molecule has 0 amide bonds. The molecule has 1 aromatic carbocycles. The van der Waals surface area contributed by atoms with Crippen LogP contribution in [-0.4, -0.2) is 20.3 Å². The normalized spacial score (nSPS) is 12.3. The molecule has 1 aromatic heterocycles. The van der Waals surface area contributed by atoms with Gasteiger partial charge in [0.25, 0.3) is 0 Å². The lowest BCUT2D eigenvalue weighted by Crippen LogP contribution is -2.31. The van der Waals surface area contributed by atoms with E-state index in [1.165, 1.54) is 10.6 Å². The molecule has 0 fully saturated rings. The minimum absolute atomic E-state index is 0.119. The van der Waals surface area contributed by atoms with Gasteiger partial charge in [-0.15, -0.1) is 0 Å². The fourth-order valence-electron chi connectivity index (χ4n) is 1.83. The summed E-state index contributed by atoms with van der Waals surface area (Å²) in [6, 6.07) is 2.90. The molecule has 5 heteroatoms. The number of fused-ring (bicyclic) bond motifs is 1. The Hall–Kier alpha value is -1.62. The predicted molar refractivity (Wildman–Crippen MR) is 63.6 cm³/mol. The molecule has 0 atom stereocenters. The first-order valence-corrected chi connectivity index (χ1v) is 5.39. The van der Waals surface area contributed by atoms with E-state index in [-0.39, 0.29) is 18.1 Å². The van der Waals surface area contributed by atoms with Gasteiger partial charge in [-0.1, -0.05) is 0 Å². The van der Waals surface area contributed by atoms with Gasteiger partial charge in [-0.3, -0.25) is 4.57 Å². The minimum atomic E-state index is -1.03. The SMILES string of the molecule is Cc1cc2[nH]c(=O)n(CC(C)(C)O)c2cc1F. The number of benzene rings is 1. The third kappa shape index (κ3) is 2.24. The smallest absolute Gasteiger partial charge is 0.326 e. The Labute approximate surface area is 97.7 Å². The van der Waals surface area contributed by atoms with E-state index < -0.39 is 5.60 Å². The van der Waals surface area contributed by atoms with Crippen molar-refractivity contribution in [2.24, 2.45) is 0 Å². The lowest BCUT2D eigenvalue weighted by Gasteiger charge is -2.17. The summed E-state index contributed by atoms with van der Waals surface area (Å²) in [7, 11) is 0. The largest absolute Gasteiger partial charge is 0.389 e. The number of imidazole rings is 1. The van der Waals surface area contributed by atoms with Gasteiger partial charge in [-0.05, 0) is 32.4 Å². The van der Waals surface area contributed by atoms with Gasteiger partial charge in [0, 0.05) is 6.07 Å². The van der Waals surface area contributed by atoms with Crippen LogP contribution >= 0.6 is 0 Å². The fourth-order valence-corrected chi connectivity index (χ4v) is 1.83. The average molecular weight is 238 g/mol. The third-order valence-electron chi connectivity index (χ3n) is 2.60. The van der Waals surface area contributed by atoms with Gasteiger partial charge in [0.2, 0.25) is 0 Å². The van der Waals surface area contributed by atoms with Crippen molar-refractivity contribution in [1.82, 2.24) is 9.55 Å². The van der Waals surface area contributed by atoms with E-state index in [0.717, 1.165) is 0 Å². The van der Waals surface area contributed by atoms with E-state index in [2.05, 4.69) is 4.98 Å². The second kappa shape index (κ2) is 3.70. The summed E-state index contributed by atoms with van der Waals surface area (Å²) in [6.07, 6.45) is 0. The van der Waals surface area contributed by atoms with Crippen LogP contribution in [0.3, 0.4) is 0 Å². The summed E-state index contributed by atoms with van der Waals surface area (Å²) < 4.78 is 14.8. The number of aromatic amines is 1. The van der Waals surface area contributed by atoms with Gasteiger partial charge in [0.05, 0.1) is 23.2 Å². The highest BCUT2D eigenvalue weighted by molar-refractivity contribution is 5.76. The molecule has 4 nitrogen and oxygen atoms in total. The maximum absolute atomic E-state index is 13.5. The zero-order valence-electron chi connectivity index (χ0n) is 10.0. The van der Waals surface area contributed by atoms with Crippen LogP contribution in [0.15, 0.2) is 16.9 Å². The number of aromatic nitrogens is 2. The molecule has 0 radical (unpaired) electrons. The molecule has 0 bridgehead atoms. The highest BCUT2D eigenvalue weighted by Crippen LogP contribution is 2.17. The van der Waals surface area contributed by atoms with Crippen LogP contribution < -0.4 is 5.69 Å². The molecular weight excluding hydrogens is 223 g/mol. The van der Waals surface area contributed by atoms with Crippen molar-refractivity contribution >= 4 is 11.0 Å². The van der Waals surface area contributed by atoms with Gasteiger partial charge in [-0.25, -0.2) is 9.18 Å². The molecule has 0 aliphatic carbocycles. The second-order valence-electron chi connectivity index (χ2n) is 4.95. The fraction of sp³-hybridized carbons (Fsp3) is 0.417. The van der Waals surface area contributed by atoms with Crippen LogP contribution in [0.2, 0.25) is 0 Å². The number of rotatable bonds is 2. The van der Waals surface area contributed by atoms with Crippen molar-refractivity contribution in [3.8, 4) is 0 Å².